The normalized spacial score (nSPS) is 17.7. The zero-order valence-electron chi connectivity index (χ0n) is 21.3. The van der Waals surface area contributed by atoms with Crippen LogP contribution in [0.25, 0.3) is 5.76 Å². The van der Waals surface area contributed by atoms with Gasteiger partial charge in [-0.2, -0.15) is 0 Å². The molecule has 40 heavy (non-hydrogen) atoms. The second kappa shape index (κ2) is 11.0. The van der Waals surface area contributed by atoms with Crippen LogP contribution < -0.4 is 19.1 Å². The Balaban J connectivity index is 1.40. The Kier molecular flexibility index (Phi) is 7.14. The summed E-state index contributed by atoms with van der Waals surface area (Å²) in [7, 11) is 1.55. The van der Waals surface area contributed by atoms with Gasteiger partial charge in [-0.25, -0.2) is 0 Å². The van der Waals surface area contributed by atoms with Crippen molar-refractivity contribution in [2.45, 2.75) is 16.1 Å². The van der Waals surface area contributed by atoms with Crippen LogP contribution in [0.1, 0.15) is 22.7 Å². The quantitative estimate of drug-likeness (QED) is 0.104. The van der Waals surface area contributed by atoms with Crippen molar-refractivity contribution in [3.05, 3.63) is 95.1 Å². The van der Waals surface area contributed by atoms with Gasteiger partial charge in [-0.3, -0.25) is 14.5 Å². The lowest BCUT2D eigenvalue weighted by Gasteiger charge is -2.23. The highest BCUT2D eigenvalue weighted by Crippen LogP contribution is 2.45. The minimum absolute atomic E-state index is 0.0551. The SMILES string of the molecule is COc1ccc([C@@H]2C(=C(O)c3ccc4c(c3)OCCO4)C(=O)C(=O)N2c2nnc(SCc3ccccc3)s2)cc1. The summed E-state index contributed by atoms with van der Waals surface area (Å²) >= 11 is 2.71. The lowest BCUT2D eigenvalue weighted by atomic mass is 9.95. The number of Topliss-reactive ketones (excluding diaryl/α,β-unsaturated/α-hetero) is 1. The van der Waals surface area contributed by atoms with Crippen molar-refractivity contribution in [2.75, 3.05) is 25.2 Å². The Bertz CT molecular complexity index is 1600. The Labute approximate surface area is 238 Å². The van der Waals surface area contributed by atoms with Crippen molar-refractivity contribution in [1.29, 1.82) is 0 Å². The zero-order valence-corrected chi connectivity index (χ0v) is 22.9. The van der Waals surface area contributed by atoms with Gasteiger partial charge in [-0.1, -0.05) is 65.6 Å². The highest BCUT2D eigenvalue weighted by molar-refractivity contribution is 8.00. The summed E-state index contributed by atoms with van der Waals surface area (Å²) in [6.07, 6.45) is 0. The standard InChI is InChI=1S/C29H23N3O6S2/c1-36-20-10-7-18(8-11-20)24-23(25(33)19-9-12-21-22(15-19)38-14-13-37-21)26(34)27(35)32(24)28-30-31-29(40-28)39-16-17-5-3-2-4-6-17/h2-12,15,24,33H,13-14,16H2,1H3/t24-/m1/s1. The Morgan fingerprint density at radius 2 is 1.77 bits per heavy atom. The highest BCUT2D eigenvalue weighted by atomic mass is 32.2. The van der Waals surface area contributed by atoms with Crippen LogP contribution in [0.3, 0.4) is 0 Å². The van der Waals surface area contributed by atoms with Gasteiger partial charge in [0.25, 0.3) is 5.78 Å². The van der Waals surface area contributed by atoms with Gasteiger partial charge in [0, 0.05) is 11.3 Å². The second-order valence-corrected chi connectivity index (χ2v) is 11.1. The summed E-state index contributed by atoms with van der Waals surface area (Å²) in [5.41, 5.74) is 2.01. The molecule has 1 amide bonds. The molecular formula is C29H23N3O6S2. The number of ketones is 1. The van der Waals surface area contributed by atoms with Crippen LogP contribution in [0.4, 0.5) is 5.13 Å². The zero-order chi connectivity index (χ0) is 27.6. The molecule has 6 rings (SSSR count). The number of benzene rings is 3. The molecule has 3 heterocycles. The molecule has 9 nitrogen and oxygen atoms in total. The van der Waals surface area contributed by atoms with Crippen molar-refractivity contribution in [2.24, 2.45) is 0 Å². The van der Waals surface area contributed by atoms with E-state index in [1.54, 1.807) is 49.6 Å². The molecule has 1 N–H and O–H groups in total. The minimum atomic E-state index is -0.931. The van der Waals surface area contributed by atoms with Gasteiger partial charge in [0.05, 0.1) is 18.7 Å². The molecule has 1 aromatic heterocycles. The number of rotatable bonds is 7. The first-order valence-electron chi connectivity index (χ1n) is 12.4. The number of ether oxygens (including phenoxy) is 3. The van der Waals surface area contributed by atoms with Crippen molar-refractivity contribution >= 4 is 45.7 Å². The van der Waals surface area contributed by atoms with Crippen LogP contribution in [0.15, 0.2) is 82.7 Å². The van der Waals surface area contributed by atoms with Crippen molar-refractivity contribution in [3.63, 3.8) is 0 Å². The highest BCUT2D eigenvalue weighted by Gasteiger charge is 2.48. The van der Waals surface area contributed by atoms with Gasteiger partial charge in [0.15, 0.2) is 15.8 Å². The number of aliphatic hydroxyl groups excluding tert-OH is 1. The van der Waals surface area contributed by atoms with E-state index in [0.29, 0.717) is 51.7 Å². The summed E-state index contributed by atoms with van der Waals surface area (Å²) in [5.74, 6) is 0.363. The summed E-state index contributed by atoms with van der Waals surface area (Å²) in [6.45, 7) is 0.795. The van der Waals surface area contributed by atoms with Crippen LogP contribution >= 0.6 is 23.1 Å². The summed E-state index contributed by atoms with van der Waals surface area (Å²) < 4.78 is 17.2. The molecule has 4 aromatic rings. The average Bonchev–Trinajstić information content (AvgIpc) is 3.57. The molecule has 1 fully saturated rings. The number of aliphatic hydroxyl groups is 1. The predicted octanol–water partition coefficient (Wildman–Crippen LogP) is 5.24. The van der Waals surface area contributed by atoms with Crippen molar-refractivity contribution in [1.82, 2.24) is 10.2 Å². The number of nitrogens with zero attached hydrogens (tertiary/aromatic N) is 3. The van der Waals surface area contributed by atoms with E-state index >= 15 is 0 Å². The van der Waals surface area contributed by atoms with E-state index in [9.17, 15) is 14.7 Å². The van der Waals surface area contributed by atoms with E-state index in [1.165, 1.54) is 28.0 Å². The number of amides is 1. The molecular weight excluding hydrogens is 550 g/mol. The number of hydrogen-bond donors (Lipinski definition) is 1. The smallest absolute Gasteiger partial charge is 0.301 e. The van der Waals surface area contributed by atoms with E-state index < -0.39 is 17.7 Å². The predicted molar refractivity (Wildman–Crippen MR) is 151 cm³/mol. The molecule has 0 aliphatic carbocycles. The largest absolute Gasteiger partial charge is 0.507 e. The topological polar surface area (TPSA) is 111 Å². The Hall–Kier alpha value is -4.35. The van der Waals surface area contributed by atoms with Crippen LogP contribution in [0, 0.1) is 0 Å². The number of aromatic nitrogens is 2. The molecule has 0 bridgehead atoms. The molecule has 0 spiro atoms. The number of methoxy groups -OCH3 is 1. The molecule has 1 atom stereocenters. The van der Waals surface area contributed by atoms with Gasteiger partial charge in [0.2, 0.25) is 5.13 Å². The summed E-state index contributed by atoms with van der Waals surface area (Å²) in [4.78, 5) is 28.3. The molecule has 0 radical (unpaired) electrons. The fourth-order valence-electron chi connectivity index (χ4n) is 4.56. The monoisotopic (exact) mass is 573 g/mol. The first-order valence-corrected chi connectivity index (χ1v) is 14.2. The second-order valence-electron chi connectivity index (χ2n) is 8.93. The molecule has 202 valence electrons. The lowest BCUT2D eigenvalue weighted by molar-refractivity contribution is -0.132. The molecule has 11 heteroatoms. The molecule has 0 unspecified atom stereocenters. The first kappa shape index (κ1) is 25.9. The number of hydrogen-bond acceptors (Lipinski definition) is 10. The maximum absolute atomic E-state index is 13.5. The number of thioether (sulfide) groups is 1. The van der Waals surface area contributed by atoms with Gasteiger partial charge in [-0.05, 0) is 41.5 Å². The minimum Gasteiger partial charge on any atom is -0.507 e. The summed E-state index contributed by atoms with van der Waals surface area (Å²) in [6, 6.07) is 20.9. The van der Waals surface area contributed by atoms with E-state index in [1.807, 2.05) is 30.3 Å². The third-order valence-corrected chi connectivity index (χ3v) is 8.63. The lowest BCUT2D eigenvalue weighted by Crippen LogP contribution is -2.29. The van der Waals surface area contributed by atoms with Crippen LogP contribution in [0.2, 0.25) is 0 Å². The number of carbonyl (C=O) groups is 2. The third-order valence-electron chi connectivity index (χ3n) is 6.50. The van der Waals surface area contributed by atoms with E-state index in [0.717, 1.165) is 5.56 Å². The molecule has 0 saturated carbocycles. The number of fused-ring (bicyclic) bond motifs is 1. The van der Waals surface area contributed by atoms with E-state index in [2.05, 4.69) is 10.2 Å². The fourth-order valence-corrected chi connectivity index (χ4v) is 6.38. The Morgan fingerprint density at radius 1 is 1.02 bits per heavy atom. The Morgan fingerprint density at radius 3 is 2.52 bits per heavy atom. The molecule has 1 saturated heterocycles. The molecule has 3 aromatic carbocycles. The van der Waals surface area contributed by atoms with E-state index in [4.69, 9.17) is 14.2 Å². The van der Waals surface area contributed by atoms with Crippen LogP contribution in [-0.4, -0.2) is 47.3 Å². The number of carbonyl (C=O) groups excluding carboxylic acids is 2. The summed E-state index contributed by atoms with van der Waals surface area (Å²) in [5, 5.41) is 20.2. The molecule has 2 aliphatic rings. The van der Waals surface area contributed by atoms with E-state index in [-0.39, 0.29) is 16.5 Å². The average molecular weight is 574 g/mol. The van der Waals surface area contributed by atoms with Gasteiger partial charge in [0.1, 0.15) is 24.7 Å². The maximum atomic E-state index is 13.5. The third kappa shape index (κ3) is 4.89. The van der Waals surface area contributed by atoms with Gasteiger partial charge in [-0.15, -0.1) is 10.2 Å². The maximum Gasteiger partial charge on any atom is 0.301 e. The molecule has 2 aliphatic heterocycles. The first-order chi connectivity index (χ1) is 19.5. The number of anilines is 1. The van der Waals surface area contributed by atoms with Gasteiger partial charge < -0.3 is 19.3 Å². The fraction of sp³-hybridized carbons (Fsp3) is 0.172. The van der Waals surface area contributed by atoms with Gasteiger partial charge >= 0.3 is 5.91 Å². The van der Waals surface area contributed by atoms with Crippen molar-refractivity contribution in [3.8, 4) is 17.2 Å². The van der Waals surface area contributed by atoms with Crippen LogP contribution in [-0.2, 0) is 15.3 Å². The van der Waals surface area contributed by atoms with Crippen LogP contribution in [0.5, 0.6) is 17.2 Å². The van der Waals surface area contributed by atoms with Crippen molar-refractivity contribution < 1.29 is 28.9 Å².